The minimum Gasteiger partial charge on any atom is -0.376 e. The molecule has 4 aromatic rings. The molecular weight excluding hydrogens is 473 g/mol. The van der Waals surface area contributed by atoms with Crippen LogP contribution in [0.1, 0.15) is 24.1 Å². The van der Waals surface area contributed by atoms with Crippen molar-refractivity contribution in [2.45, 2.75) is 31.8 Å². The van der Waals surface area contributed by atoms with E-state index in [2.05, 4.69) is 9.78 Å². The van der Waals surface area contributed by atoms with Crippen molar-refractivity contribution < 1.29 is 13.9 Å². The van der Waals surface area contributed by atoms with Gasteiger partial charge in [0.1, 0.15) is 5.82 Å². The lowest BCUT2D eigenvalue weighted by Crippen LogP contribution is -2.39. The van der Waals surface area contributed by atoms with Gasteiger partial charge < -0.3 is 9.64 Å². The topological polar surface area (TPSA) is 46.8 Å². The van der Waals surface area contributed by atoms with Crippen molar-refractivity contribution in [1.82, 2.24) is 14.3 Å². The minimum atomic E-state index is -0.299. The molecule has 0 radical (unpaired) electrons. The number of fused-ring (bicyclic) bond motifs is 1. The van der Waals surface area contributed by atoms with E-state index in [-0.39, 0.29) is 24.2 Å². The summed E-state index contributed by atoms with van der Waals surface area (Å²) in [6.45, 7) is 1.91. The predicted molar refractivity (Wildman–Crippen MR) is 133 cm³/mol. The van der Waals surface area contributed by atoms with Crippen LogP contribution in [-0.4, -0.2) is 46.0 Å². The number of aromatic nitrogens is 2. The van der Waals surface area contributed by atoms with Gasteiger partial charge in [-0.3, -0.25) is 9.20 Å². The van der Waals surface area contributed by atoms with Crippen molar-refractivity contribution in [3.8, 4) is 11.3 Å². The highest BCUT2D eigenvalue weighted by atomic mass is 35.5. The second-order valence-corrected chi connectivity index (χ2v) is 9.81. The summed E-state index contributed by atoms with van der Waals surface area (Å²) < 4.78 is 21.2. The molecule has 3 heterocycles. The van der Waals surface area contributed by atoms with Gasteiger partial charge in [-0.1, -0.05) is 35.9 Å². The normalized spacial score (nSPS) is 15.8. The van der Waals surface area contributed by atoms with Gasteiger partial charge in [0.05, 0.1) is 18.2 Å². The number of amides is 1. The van der Waals surface area contributed by atoms with E-state index in [1.807, 2.05) is 35.4 Å². The number of halogens is 2. The summed E-state index contributed by atoms with van der Waals surface area (Å²) in [4.78, 5) is 20.7. The fraction of sp³-hybridized carbons (Fsp3) is 0.308. The van der Waals surface area contributed by atoms with Crippen LogP contribution in [0.25, 0.3) is 16.2 Å². The molecule has 0 N–H and O–H groups in total. The smallest absolute Gasteiger partial charge is 0.227 e. The highest BCUT2D eigenvalue weighted by Gasteiger charge is 2.23. The monoisotopic (exact) mass is 497 g/mol. The fourth-order valence-electron chi connectivity index (χ4n) is 4.26. The van der Waals surface area contributed by atoms with Crippen LogP contribution >= 0.6 is 22.9 Å². The maximum atomic E-state index is 13.3. The molecule has 0 aliphatic carbocycles. The average molecular weight is 498 g/mol. The van der Waals surface area contributed by atoms with Gasteiger partial charge >= 0.3 is 0 Å². The standard InChI is InChI=1S/C26H25ClFN3O2S/c27-20-7-5-19(6-8-20)24-16-31-22(17-34-26(31)29-24)11-12-30(15-23-2-1-13-33-23)25(32)14-18-3-9-21(28)10-4-18/h3-10,16-17,23H,1-2,11-15H2. The first-order chi connectivity index (χ1) is 16.5. The second kappa shape index (κ2) is 10.3. The number of rotatable bonds is 8. The predicted octanol–water partition coefficient (Wildman–Crippen LogP) is 5.65. The Balaban J connectivity index is 1.31. The molecule has 2 aromatic heterocycles. The van der Waals surface area contributed by atoms with Crippen LogP contribution in [0.4, 0.5) is 4.39 Å². The van der Waals surface area contributed by atoms with Crippen LogP contribution in [0.2, 0.25) is 5.02 Å². The van der Waals surface area contributed by atoms with Gasteiger partial charge in [0.15, 0.2) is 4.96 Å². The van der Waals surface area contributed by atoms with E-state index in [1.165, 1.54) is 12.1 Å². The minimum absolute atomic E-state index is 0.0288. The van der Waals surface area contributed by atoms with Crippen molar-refractivity contribution in [3.63, 3.8) is 0 Å². The fourth-order valence-corrected chi connectivity index (χ4v) is 5.29. The Bertz CT molecular complexity index is 1260. The highest BCUT2D eigenvalue weighted by molar-refractivity contribution is 7.15. The zero-order valence-corrected chi connectivity index (χ0v) is 20.2. The largest absolute Gasteiger partial charge is 0.376 e. The number of ether oxygens (including phenoxy) is 1. The highest BCUT2D eigenvalue weighted by Crippen LogP contribution is 2.25. The first-order valence-electron chi connectivity index (χ1n) is 11.4. The molecule has 1 aliphatic heterocycles. The van der Waals surface area contributed by atoms with E-state index in [4.69, 9.17) is 21.3 Å². The molecule has 5 nitrogen and oxygen atoms in total. The maximum Gasteiger partial charge on any atom is 0.227 e. The van der Waals surface area contributed by atoms with E-state index in [1.54, 1.807) is 23.5 Å². The molecule has 0 spiro atoms. The number of carbonyl (C=O) groups is 1. The molecule has 1 unspecified atom stereocenters. The van der Waals surface area contributed by atoms with E-state index < -0.39 is 0 Å². The third-order valence-electron chi connectivity index (χ3n) is 6.13. The van der Waals surface area contributed by atoms with E-state index in [0.29, 0.717) is 24.5 Å². The van der Waals surface area contributed by atoms with Gasteiger partial charge in [0.25, 0.3) is 0 Å². The van der Waals surface area contributed by atoms with Gasteiger partial charge in [-0.15, -0.1) is 11.3 Å². The third kappa shape index (κ3) is 5.32. The number of imidazole rings is 1. The van der Waals surface area contributed by atoms with Crippen molar-refractivity contribution in [2.75, 3.05) is 19.7 Å². The van der Waals surface area contributed by atoms with Crippen molar-refractivity contribution in [2.24, 2.45) is 0 Å². The van der Waals surface area contributed by atoms with Gasteiger partial charge in [0.2, 0.25) is 5.91 Å². The van der Waals surface area contributed by atoms with Crippen LogP contribution in [0.15, 0.2) is 60.1 Å². The molecule has 8 heteroatoms. The molecular formula is C26H25ClFN3O2S. The number of hydrogen-bond donors (Lipinski definition) is 0. The Morgan fingerprint density at radius 1 is 1.21 bits per heavy atom. The molecule has 1 aliphatic rings. The van der Waals surface area contributed by atoms with Gasteiger partial charge in [0, 0.05) is 54.0 Å². The SMILES string of the molecule is O=C(Cc1ccc(F)cc1)N(CCc1csc2nc(-c3ccc(Cl)cc3)cn12)CC1CCCO1. The molecule has 1 fully saturated rings. The second-order valence-electron chi connectivity index (χ2n) is 8.54. The van der Waals surface area contributed by atoms with E-state index in [0.717, 1.165) is 46.9 Å². The summed E-state index contributed by atoms with van der Waals surface area (Å²) in [5.74, 6) is -0.270. The zero-order chi connectivity index (χ0) is 23.5. The van der Waals surface area contributed by atoms with Crippen molar-refractivity contribution in [1.29, 1.82) is 0 Å². The molecule has 34 heavy (non-hydrogen) atoms. The average Bonchev–Trinajstić information content (AvgIpc) is 3.57. The first-order valence-corrected chi connectivity index (χ1v) is 12.7. The Morgan fingerprint density at radius 3 is 2.74 bits per heavy atom. The molecule has 0 bridgehead atoms. The lowest BCUT2D eigenvalue weighted by atomic mass is 10.1. The first kappa shape index (κ1) is 23.0. The number of thiazole rings is 1. The van der Waals surface area contributed by atoms with Gasteiger partial charge in [-0.25, -0.2) is 9.37 Å². The number of benzene rings is 2. The molecule has 176 valence electrons. The molecule has 5 rings (SSSR count). The maximum absolute atomic E-state index is 13.3. The quantitative estimate of drug-likeness (QED) is 0.316. The van der Waals surface area contributed by atoms with Gasteiger partial charge in [-0.05, 0) is 42.7 Å². The summed E-state index contributed by atoms with van der Waals surface area (Å²) in [5.41, 5.74) is 3.83. The summed E-state index contributed by atoms with van der Waals surface area (Å²) in [6, 6.07) is 13.8. The molecule has 2 aromatic carbocycles. The van der Waals surface area contributed by atoms with Crippen LogP contribution in [0.3, 0.4) is 0 Å². The number of carbonyl (C=O) groups excluding carboxylic acids is 1. The van der Waals surface area contributed by atoms with E-state index in [9.17, 15) is 9.18 Å². The van der Waals surface area contributed by atoms with Crippen LogP contribution in [-0.2, 0) is 22.4 Å². The Morgan fingerprint density at radius 2 is 2.00 bits per heavy atom. The third-order valence-corrected chi connectivity index (χ3v) is 7.27. The summed E-state index contributed by atoms with van der Waals surface area (Å²) >= 11 is 7.61. The number of nitrogens with zero attached hydrogens (tertiary/aromatic N) is 3. The summed E-state index contributed by atoms with van der Waals surface area (Å²) in [7, 11) is 0. The zero-order valence-electron chi connectivity index (χ0n) is 18.6. The molecule has 1 amide bonds. The molecule has 0 saturated carbocycles. The summed E-state index contributed by atoms with van der Waals surface area (Å²) in [5, 5.41) is 2.80. The van der Waals surface area contributed by atoms with Crippen molar-refractivity contribution in [3.05, 3.63) is 82.2 Å². The van der Waals surface area contributed by atoms with Crippen LogP contribution in [0, 0.1) is 5.82 Å². The van der Waals surface area contributed by atoms with Crippen LogP contribution < -0.4 is 0 Å². The Labute approximate surface area is 206 Å². The Kier molecular flexibility index (Phi) is 6.94. The molecule has 1 saturated heterocycles. The lowest BCUT2D eigenvalue weighted by molar-refractivity contribution is -0.132. The van der Waals surface area contributed by atoms with Crippen LogP contribution in [0.5, 0.6) is 0 Å². The summed E-state index contributed by atoms with van der Waals surface area (Å²) in [6.07, 6.45) is 5.06. The lowest BCUT2D eigenvalue weighted by Gasteiger charge is -2.25. The van der Waals surface area contributed by atoms with Crippen molar-refractivity contribution >= 4 is 33.8 Å². The van der Waals surface area contributed by atoms with Gasteiger partial charge in [-0.2, -0.15) is 0 Å². The van der Waals surface area contributed by atoms with E-state index >= 15 is 0 Å². The Hall–Kier alpha value is -2.74. The molecule has 1 atom stereocenters. The number of hydrogen-bond acceptors (Lipinski definition) is 4.